The van der Waals surface area contributed by atoms with E-state index in [1.165, 1.54) is 29.9 Å². The molecule has 0 bridgehead atoms. The van der Waals surface area contributed by atoms with Crippen LogP contribution in [0.15, 0.2) is 47.9 Å². The van der Waals surface area contributed by atoms with Crippen LogP contribution in [-0.2, 0) is 17.9 Å². The Kier molecular flexibility index (Phi) is 9.15. The van der Waals surface area contributed by atoms with Crippen LogP contribution in [0.5, 0.6) is 0 Å². The van der Waals surface area contributed by atoms with Gasteiger partial charge in [-0.1, -0.05) is 26.7 Å². The van der Waals surface area contributed by atoms with Crippen LogP contribution in [0.4, 0.5) is 4.39 Å². The average molecular weight is 498 g/mol. The van der Waals surface area contributed by atoms with Crippen molar-refractivity contribution in [1.29, 1.82) is 0 Å². The Morgan fingerprint density at radius 2 is 1.86 bits per heavy atom. The molecule has 1 aliphatic rings. The maximum atomic E-state index is 13.4. The summed E-state index contributed by atoms with van der Waals surface area (Å²) in [6, 6.07) is 6.85. The molecule has 0 N–H and O–H groups in total. The highest BCUT2D eigenvalue weighted by atomic mass is 32.2. The standard InChI is InChI=1S/C27H36FN5OS/c1-21(2)27(34)33-14-12-31(13-15-33)18-23-19-32(20-30-23)11-5-3-4-6-16-35-26-9-10-29-25-17-22(28)7-8-24(25)26/h7-10,17,19-21H,3-6,11-16,18H2,1-2H3. The number of imidazole rings is 1. The fraction of sp³-hybridized carbons (Fsp3) is 0.519. The number of fused-ring (bicyclic) bond motifs is 1. The lowest BCUT2D eigenvalue weighted by molar-refractivity contribution is -0.136. The molecule has 1 aromatic carbocycles. The number of hydrogen-bond donors (Lipinski definition) is 0. The van der Waals surface area contributed by atoms with Gasteiger partial charge in [0.15, 0.2) is 0 Å². The molecule has 0 spiro atoms. The number of rotatable bonds is 11. The zero-order valence-electron chi connectivity index (χ0n) is 20.8. The van der Waals surface area contributed by atoms with Gasteiger partial charge in [0.1, 0.15) is 5.82 Å². The molecular formula is C27H36FN5OS. The summed E-state index contributed by atoms with van der Waals surface area (Å²) >= 11 is 1.83. The molecule has 8 heteroatoms. The number of benzene rings is 1. The van der Waals surface area contributed by atoms with Crippen LogP contribution in [0.1, 0.15) is 45.2 Å². The van der Waals surface area contributed by atoms with E-state index in [9.17, 15) is 9.18 Å². The number of aromatic nitrogens is 3. The molecule has 0 radical (unpaired) electrons. The van der Waals surface area contributed by atoms with Gasteiger partial charge < -0.3 is 9.47 Å². The average Bonchev–Trinajstić information content (AvgIpc) is 3.30. The minimum Gasteiger partial charge on any atom is -0.340 e. The summed E-state index contributed by atoms with van der Waals surface area (Å²) in [5, 5.41) is 1.03. The van der Waals surface area contributed by atoms with E-state index in [4.69, 9.17) is 0 Å². The Balaban J connectivity index is 1.10. The number of carbonyl (C=O) groups excluding carboxylic acids is 1. The van der Waals surface area contributed by atoms with Crippen molar-refractivity contribution in [2.45, 2.75) is 57.5 Å². The second-order valence-corrected chi connectivity index (χ2v) is 10.7. The third-order valence-corrected chi connectivity index (χ3v) is 7.64. The minimum atomic E-state index is -0.241. The molecule has 6 nitrogen and oxygen atoms in total. The van der Waals surface area contributed by atoms with Crippen molar-refractivity contribution >= 4 is 28.6 Å². The molecule has 1 amide bonds. The van der Waals surface area contributed by atoms with Crippen molar-refractivity contribution in [3.05, 3.63) is 54.5 Å². The second kappa shape index (κ2) is 12.5. The molecule has 0 aliphatic carbocycles. The van der Waals surface area contributed by atoms with Gasteiger partial charge in [-0.25, -0.2) is 9.37 Å². The first-order chi connectivity index (χ1) is 17.0. The summed E-state index contributed by atoms with van der Waals surface area (Å²) in [4.78, 5) is 26.6. The maximum absolute atomic E-state index is 13.4. The lowest BCUT2D eigenvalue weighted by Gasteiger charge is -2.35. The molecule has 0 saturated carbocycles. The number of amides is 1. The lowest BCUT2D eigenvalue weighted by atomic mass is 10.1. The molecule has 35 heavy (non-hydrogen) atoms. The molecule has 0 unspecified atom stereocenters. The molecule has 1 aliphatic heterocycles. The van der Waals surface area contributed by atoms with Crippen LogP contribution in [0, 0.1) is 11.7 Å². The predicted octanol–water partition coefficient (Wildman–Crippen LogP) is 5.22. The first-order valence-electron chi connectivity index (χ1n) is 12.7. The number of carbonyl (C=O) groups is 1. The molecule has 2 aromatic heterocycles. The molecule has 4 rings (SSSR count). The van der Waals surface area contributed by atoms with Gasteiger partial charge in [0.25, 0.3) is 0 Å². The molecule has 0 atom stereocenters. The Bertz CT molecular complexity index is 1110. The summed E-state index contributed by atoms with van der Waals surface area (Å²) in [7, 11) is 0. The number of nitrogens with zero attached hydrogens (tertiary/aromatic N) is 5. The maximum Gasteiger partial charge on any atom is 0.225 e. The van der Waals surface area contributed by atoms with Crippen LogP contribution < -0.4 is 0 Å². The normalized spacial score (nSPS) is 14.8. The van der Waals surface area contributed by atoms with E-state index < -0.39 is 0 Å². The van der Waals surface area contributed by atoms with Gasteiger partial charge in [-0.2, -0.15) is 0 Å². The van der Waals surface area contributed by atoms with Crippen LogP contribution in [-0.4, -0.2) is 62.2 Å². The smallest absolute Gasteiger partial charge is 0.225 e. The summed E-state index contributed by atoms with van der Waals surface area (Å²) in [6.45, 7) is 9.23. The van der Waals surface area contributed by atoms with Crippen molar-refractivity contribution in [1.82, 2.24) is 24.3 Å². The van der Waals surface area contributed by atoms with Crippen LogP contribution >= 0.6 is 11.8 Å². The summed E-state index contributed by atoms with van der Waals surface area (Å²) in [6.07, 6.45) is 10.6. The van der Waals surface area contributed by atoms with Crippen molar-refractivity contribution in [2.24, 2.45) is 5.92 Å². The fourth-order valence-corrected chi connectivity index (χ4v) is 5.54. The number of aryl methyl sites for hydroxylation is 1. The molecule has 188 valence electrons. The predicted molar refractivity (Wildman–Crippen MR) is 140 cm³/mol. The molecule has 1 saturated heterocycles. The van der Waals surface area contributed by atoms with E-state index in [2.05, 4.69) is 25.6 Å². The number of hydrogen-bond acceptors (Lipinski definition) is 5. The van der Waals surface area contributed by atoms with Gasteiger partial charge in [0.05, 0.1) is 17.5 Å². The Morgan fingerprint density at radius 3 is 2.66 bits per heavy atom. The van der Waals surface area contributed by atoms with Crippen molar-refractivity contribution < 1.29 is 9.18 Å². The zero-order valence-corrected chi connectivity index (χ0v) is 21.6. The van der Waals surface area contributed by atoms with E-state index in [0.29, 0.717) is 0 Å². The first-order valence-corrected chi connectivity index (χ1v) is 13.7. The topological polar surface area (TPSA) is 54.3 Å². The third kappa shape index (κ3) is 7.27. The molecule has 1 fully saturated rings. The van der Waals surface area contributed by atoms with Gasteiger partial charge >= 0.3 is 0 Å². The first kappa shape index (κ1) is 25.6. The lowest BCUT2D eigenvalue weighted by Crippen LogP contribution is -2.49. The zero-order chi connectivity index (χ0) is 24.6. The van der Waals surface area contributed by atoms with Gasteiger partial charge in [-0.15, -0.1) is 11.8 Å². The van der Waals surface area contributed by atoms with Crippen LogP contribution in [0.25, 0.3) is 10.9 Å². The monoisotopic (exact) mass is 497 g/mol. The van der Waals surface area contributed by atoms with Gasteiger partial charge in [-0.3, -0.25) is 14.7 Å². The Labute approximate surface area is 211 Å². The van der Waals surface area contributed by atoms with E-state index in [0.717, 1.165) is 74.5 Å². The minimum absolute atomic E-state index is 0.0740. The SMILES string of the molecule is CC(C)C(=O)N1CCN(Cc2cn(CCCCCCSc3ccnc4cc(F)ccc34)cn2)CC1. The number of piperazine rings is 1. The van der Waals surface area contributed by atoms with Gasteiger partial charge in [0, 0.05) is 73.9 Å². The van der Waals surface area contributed by atoms with Gasteiger partial charge in [0.2, 0.25) is 5.91 Å². The highest BCUT2D eigenvalue weighted by Gasteiger charge is 2.23. The van der Waals surface area contributed by atoms with Crippen molar-refractivity contribution in [3.8, 4) is 0 Å². The van der Waals surface area contributed by atoms with Crippen LogP contribution in [0.3, 0.4) is 0 Å². The van der Waals surface area contributed by atoms with Crippen LogP contribution in [0.2, 0.25) is 0 Å². The Hall–Kier alpha value is -2.45. The number of unbranched alkanes of at least 4 members (excludes halogenated alkanes) is 3. The quantitative estimate of drug-likeness (QED) is 0.268. The van der Waals surface area contributed by atoms with E-state index in [-0.39, 0.29) is 17.6 Å². The highest BCUT2D eigenvalue weighted by Crippen LogP contribution is 2.28. The molecule has 3 heterocycles. The van der Waals surface area contributed by atoms with Crippen molar-refractivity contribution in [2.75, 3.05) is 31.9 Å². The number of pyridine rings is 1. The highest BCUT2D eigenvalue weighted by molar-refractivity contribution is 7.99. The summed E-state index contributed by atoms with van der Waals surface area (Å²) in [5.74, 6) is 1.15. The third-order valence-electron chi connectivity index (χ3n) is 6.48. The van der Waals surface area contributed by atoms with Gasteiger partial charge in [-0.05, 0) is 36.8 Å². The fourth-order valence-electron chi connectivity index (χ4n) is 4.48. The number of thioether (sulfide) groups is 1. The van der Waals surface area contributed by atoms with Crippen molar-refractivity contribution in [3.63, 3.8) is 0 Å². The Morgan fingerprint density at radius 1 is 1.06 bits per heavy atom. The largest absolute Gasteiger partial charge is 0.340 e. The summed E-state index contributed by atoms with van der Waals surface area (Å²) in [5.41, 5.74) is 1.83. The second-order valence-electron chi connectivity index (χ2n) is 9.59. The summed E-state index contributed by atoms with van der Waals surface area (Å²) < 4.78 is 15.6. The van der Waals surface area contributed by atoms with E-state index in [1.54, 1.807) is 6.20 Å². The van der Waals surface area contributed by atoms with E-state index in [1.807, 2.05) is 49.0 Å². The number of halogens is 1. The van der Waals surface area contributed by atoms with E-state index >= 15 is 0 Å². The molecular weight excluding hydrogens is 461 g/mol. The molecule has 3 aromatic rings.